The van der Waals surface area contributed by atoms with Gasteiger partial charge in [-0.1, -0.05) is 72.9 Å². The summed E-state index contributed by atoms with van der Waals surface area (Å²) >= 11 is 10.1. The van der Waals surface area contributed by atoms with Crippen molar-refractivity contribution in [3.05, 3.63) is 95.0 Å². The van der Waals surface area contributed by atoms with Crippen LogP contribution in [0.5, 0.6) is 0 Å². The summed E-state index contributed by atoms with van der Waals surface area (Å²) in [6.45, 7) is 0. The highest BCUT2D eigenvalue weighted by Gasteiger charge is 2.35. The van der Waals surface area contributed by atoms with Gasteiger partial charge in [0, 0.05) is 10.7 Å². The number of alkyl halides is 3. The summed E-state index contributed by atoms with van der Waals surface area (Å²) in [5, 5.41) is 5.22. The van der Waals surface area contributed by atoms with E-state index in [1.54, 1.807) is 48.5 Å². The summed E-state index contributed by atoms with van der Waals surface area (Å²) in [6.07, 6.45) is -4.67. The number of nitrogens with zero attached hydrogens (tertiary/aromatic N) is 1. The molecule has 0 saturated heterocycles. The van der Waals surface area contributed by atoms with Gasteiger partial charge in [0.15, 0.2) is 0 Å². The lowest BCUT2D eigenvalue weighted by molar-refractivity contribution is -0.137. The molecule has 1 unspecified atom stereocenters. The average Bonchev–Trinajstić information content (AvgIpc) is 2.74. The largest absolute Gasteiger partial charge is 0.418 e. The number of para-hydroxylation sites is 1. The van der Waals surface area contributed by atoms with Crippen LogP contribution in [0.25, 0.3) is 0 Å². The van der Waals surface area contributed by atoms with Crippen molar-refractivity contribution < 1.29 is 22.8 Å². The van der Waals surface area contributed by atoms with Gasteiger partial charge >= 0.3 is 12.2 Å². The molecule has 32 heavy (non-hydrogen) atoms. The standard InChI is InChI=1S/C22H17ClF3N3O2S/c23-15-9-6-10-16(13-15)27-20(30)19(14-7-2-1-3-8-14)29(32)21(31)28-18-12-5-4-11-17(18)22(24,25)26/h1-13,19,32H,(H,27,30)(H,28,31). The molecule has 3 aromatic rings. The molecule has 0 aliphatic heterocycles. The summed E-state index contributed by atoms with van der Waals surface area (Å²) in [6, 6.07) is 16.9. The SMILES string of the molecule is O=C(Nc1cccc(Cl)c1)C(c1ccccc1)N(S)C(=O)Nc1ccccc1C(F)(F)F. The quantitative estimate of drug-likeness (QED) is 0.370. The molecule has 0 saturated carbocycles. The van der Waals surface area contributed by atoms with Gasteiger partial charge in [-0.15, -0.1) is 0 Å². The normalized spacial score (nSPS) is 12.0. The fourth-order valence-corrected chi connectivity index (χ4v) is 3.42. The van der Waals surface area contributed by atoms with E-state index in [0.717, 1.165) is 16.4 Å². The van der Waals surface area contributed by atoms with Crippen LogP contribution in [-0.4, -0.2) is 16.2 Å². The van der Waals surface area contributed by atoms with Crippen molar-refractivity contribution in [3.63, 3.8) is 0 Å². The minimum absolute atomic E-state index is 0.382. The Bertz CT molecular complexity index is 1110. The second kappa shape index (κ2) is 9.97. The van der Waals surface area contributed by atoms with E-state index in [-0.39, 0.29) is 0 Å². The number of hydrogen-bond acceptors (Lipinski definition) is 3. The Hall–Kier alpha value is -3.17. The lowest BCUT2D eigenvalue weighted by Crippen LogP contribution is -2.38. The third kappa shape index (κ3) is 5.74. The van der Waals surface area contributed by atoms with E-state index in [1.807, 2.05) is 0 Å². The maximum atomic E-state index is 13.3. The predicted molar refractivity (Wildman–Crippen MR) is 121 cm³/mol. The number of benzene rings is 3. The Kier molecular flexibility index (Phi) is 7.32. The van der Waals surface area contributed by atoms with Crippen LogP contribution < -0.4 is 10.6 Å². The van der Waals surface area contributed by atoms with Gasteiger partial charge < -0.3 is 10.6 Å². The second-order valence-corrected chi connectivity index (χ2v) is 7.50. The van der Waals surface area contributed by atoms with Crippen LogP contribution in [-0.2, 0) is 11.0 Å². The zero-order valence-electron chi connectivity index (χ0n) is 16.3. The third-order valence-electron chi connectivity index (χ3n) is 4.38. The number of amides is 3. The molecule has 0 fully saturated rings. The Morgan fingerprint density at radius 1 is 0.906 bits per heavy atom. The number of nitrogens with one attached hydrogen (secondary N) is 2. The zero-order valence-corrected chi connectivity index (χ0v) is 18.0. The summed E-state index contributed by atoms with van der Waals surface area (Å²) in [5.41, 5.74) is -0.685. The van der Waals surface area contributed by atoms with E-state index in [0.29, 0.717) is 16.3 Å². The number of hydrogen-bond donors (Lipinski definition) is 3. The van der Waals surface area contributed by atoms with Crippen molar-refractivity contribution in [2.24, 2.45) is 0 Å². The number of thiol groups is 1. The third-order valence-corrected chi connectivity index (χ3v) is 5.03. The summed E-state index contributed by atoms with van der Waals surface area (Å²) < 4.78 is 40.5. The number of urea groups is 1. The molecule has 1 atom stereocenters. The highest BCUT2D eigenvalue weighted by Crippen LogP contribution is 2.35. The molecule has 0 heterocycles. The van der Waals surface area contributed by atoms with Crippen LogP contribution in [0.2, 0.25) is 5.02 Å². The van der Waals surface area contributed by atoms with Gasteiger partial charge in [-0.3, -0.25) is 9.10 Å². The minimum Gasteiger partial charge on any atom is -0.324 e. The summed E-state index contributed by atoms with van der Waals surface area (Å²) in [5.74, 6) is -0.632. The van der Waals surface area contributed by atoms with E-state index in [9.17, 15) is 22.8 Å². The van der Waals surface area contributed by atoms with Crippen LogP contribution in [0, 0.1) is 0 Å². The van der Waals surface area contributed by atoms with E-state index in [1.165, 1.54) is 18.2 Å². The van der Waals surface area contributed by atoms with Crippen LogP contribution in [0.15, 0.2) is 78.9 Å². The highest BCUT2D eigenvalue weighted by atomic mass is 35.5. The molecule has 0 aromatic heterocycles. The van der Waals surface area contributed by atoms with Crippen LogP contribution >= 0.6 is 24.4 Å². The Balaban J connectivity index is 1.88. The van der Waals surface area contributed by atoms with Gasteiger partial charge in [-0.05, 0) is 35.9 Å². The summed E-state index contributed by atoms with van der Waals surface area (Å²) in [4.78, 5) is 25.8. The maximum Gasteiger partial charge on any atom is 0.418 e. The molecule has 3 amide bonds. The molecule has 0 bridgehead atoms. The first kappa shape index (κ1) is 23.5. The van der Waals surface area contributed by atoms with Crippen LogP contribution in [0.4, 0.5) is 29.3 Å². The highest BCUT2D eigenvalue weighted by molar-refractivity contribution is 7.78. The Morgan fingerprint density at radius 2 is 1.56 bits per heavy atom. The molecule has 0 aliphatic rings. The summed E-state index contributed by atoms with van der Waals surface area (Å²) in [7, 11) is 0. The Morgan fingerprint density at radius 3 is 2.22 bits per heavy atom. The molecule has 0 spiro atoms. The van der Waals surface area contributed by atoms with Crippen LogP contribution in [0.1, 0.15) is 17.2 Å². The first-order valence-corrected chi connectivity index (χ1v) is 10.0. The van der Waals surface area contributed by atoms with Gasteiger partial charge in [0.1, 0.15) is 6.04 Å². The average molecular weight is 480 g/mol. The fourth-order valence-electron chi connectivity index (χ4n) is 2.94. The first-order valence-electron chi connectivity index (χ1n) is 9.23. The molecule has 2 N–H and O–H groups in total. The van der Waals surface area contributed by atoms with Gasteiger partial charge in [-0.2, -0.15) is 13.2 Å². The van der Waals surface area contributed by atoms with E-state index in [4.69, 9.17) is 11.6 Å². The van der Waals surface area contributed by atoms with E-state index in [2.05, 4.69) is 23.4 Å². The number of carbonyl (C=O) groups excluding carboxylic acids is 2. The minimum atomic E-state index is -4.67. The molecular weight excluding hydrogens is 463 g/mol. The number of carbonyl (C=O) groups is 2. The predicted octanol–water partition coefficient (Wildman–Crippen LogP) is 6.42. The molecule has 5 nitrogen and oxygen atoms in total. The maximum absolute atomic E-state index is 13.3. The van der Waals surface area contributed by atoms with Gasteiger partial charge in [-0.25, -0.2) is 4.79 Å². The van der Waals surface area contributed by atoms with Crippen LogP contribution in [0.3, 0.4) is 0 Å². The first-order chi connectivity index (χ1) is 15.2. The fraction of sp³-hybridized carbons (Fsp3) is 0.0909. The van der Waals surface area contributed by atoms with E-state index < -0.39 is 35.4 Å². The molecular formula is C22H17ClF3N3O2S. The van der Waals surface area contributed by atoms with Crippen molar-refractivity contribution >= 4 is 47.7 Å². The van der Waals surface area contributed by atoms with Crippen molar-refractivity contribution in [1.82, 2.24) is 4.31 Å². The lowest BCUT2D eigenvalue weighted by Gasteiger charge is -2.27. The number of halogens is 4. The molecule has 166 valence electrons. The molecule has 0 aliphatic carbocycles. The molecule has 3 rings (SSSR count). The smallest absolute Gasteiger partial charge is 0.324 e. The topological polar surface area (TPSA) is 61.4 Å². The molecule has 0 radical (unpaired) electrons. The molecule has 3 aromatic carbocycles. The van der Waals surface area contributed by atoms with Gasteiger partial charge in [0.05, 0.1) is 11.3 Å². The lowest BCUT2D eigenvalue weighted by atomic mass is 10.1. The van der Waals surface area contributed by atoms with E-state index >= 15 is 0 Å². The monoisotopic (exact) mass is 479 g/mol. The van der Waals surface area contributed by atoms with Crippen molar-refractivity contribution in [1.29, 1.82) is 0 Å². The number of anilines is 2. The number of rotatable bonds is 5. The Labute approximate surface area is 192 Å². The van der Waals surface area contributed by atoms with Crippen molar-refractivity contribution in [3.8, 4) is 0 Å². The van der Waals surface area contributed by atoms with Crippen molar-refractivity contribution in [2.45, 2.75) is 12.2 Å². The molecule has 10 heteroatoms. The zero-order chi connectivity index (χ0) is 23.3. The van der Waals surface area contributed by atoms with Crippen molar-refractivity contribution in [2.75, 3.05) is 10.6 Å². The van der Waals surface area contributed by atoms with Gasteiger partial charge in [0.2, 0.25) is 0 Å². The van der Waals surface area contributed by atoms with Gasteiger partial charge in [0.25, 0.3) is 5.91 Å². The second-order valence-electron chi connectivity index (χ2n) is 6.63.